The van der Waals surface area contributed by atoms with Crippen LogP contribution >= 0.6 is 0 Å². The van der Waals surface area contributed by atoms with Crippen molar-refractivity contribution >= 4 is 22.7 Å². The minimum atomic E-state index is -0.566. The van der Waals surface area contributed by atoms with Gasteiger partial charge in [0.1, 0.15) is 12.5 Å². The average molecular weight is 711 g/mol. The number of benzene rings is 2. The van der Waals surface area contributed by atoms with E-state index < -0.39 is 5.41 Å². The van der Waals surface area contributed by atoms with Crippen molar-refractivity contribution in [3.63, 3.8) is 0 Å². The number of hydrogen-bond donors (Lipinski definition) is 0. The van der Waals surface area contributed by atoms with Crippen LogP contribution in [0.3, 0.4) is 0 Å². The van der Waals surface area contributed by atoms with Gasteiger partial charge in [-0.3, -0.25) is 24.6 Å². The van der Waals surface area contributed by atoms with Crippen LogP contribution in [-0.4, -0.2) is 84.3 Å². The molecule has 2 fully saturated rings. The van der Waals surface area contributed by atoms with Crippen molar-refractivity contribution in [1.82, 2.24) is 19.8 Å². The Labute approximate surface area is 303 Å². The summed E-state index contributed by atoms with van der Waals surface area (Å²) in [6.45, 7) is 16.1. The largest absolute Gasteiger partial charge is 0.424 e. The maximum Gasteiger partial charge on any atom is 0.343 e. The summed E-state index contributed by atoms with van der Waals surface area (Å²) in [7, 11) is 0. The van der Waals surface area contributed by atoms with Gasteiger partial charge in [0, 0.05) is 60.8 Å². The fourth-order valence-corrected chi connectivity index (χ4v) is 6.73. The zero-order valence-electron chi connectivity index (χ0n) is 30.5. The highest BCUT2D eigenvalue weighted by Gasteiger charge is 2.37. The summed E-state index contributed by atoms with van der Waals surface area (Å²) >= 11 is 0. The maximum atomic E-state index is 13.0. The number of esters is 2. The molecule has 0 N–H and O–H groups in total. The molecule has 0 aliphatic carbocycles. The Morgan fingerprint density at radius 1 is 0.712 bits per heavy atom. The van der Waals surface area contributed by atoms with Gasteiger partial charge in [0.05, 0.1) is 62.0 Å². The minimum absolute atomic E-state index is 0.196. The van der Waals surface area contributed by atoms with Crippen LogP contribution < -0.4 is 9.47 Å². The van der Waals surface area contributed by atoms with E-state index in [0.29, 0.717) is 68.1 Å². The molecular formula is C40H46N4O8. The van der Waals surface area contributed by atoms with Crippen LogP contribution in [0.5, 0.6) is 11.5 Å². The summed E-state index contributed by atoms with van der Waals surface area (Å²) in [4.78, 5) is 38.6. The van der Waals surface area contributed by atoms with E-state index in [4.69, 9.17) is 28.4 Å². The van der Waals surface area contributed by atoms with Gasteiger partial charge < -0.3 is 28.4 Å². The molecule has 4 aromatic rings. The smallest absolute Gasteiger partial charge is 0.343 e. The number of morpholine rings is 2. The van der Waals surface area contributed by atoms with E-state index in [9.17, 15) is 9.59 Å². The molecule has 274 valence electrons. The number of ether oxygens (including phenoxy) is 6. The molecule has 52 heavy (non-hydrogen) atoms. The summed E-state index contributed by atoms with van der Waals surface area (Å²) in [5.41, 5.74) is 5.15. The first-order valence-electron chi connectivity index (χ1n) is 17.9. The van der Waals surface area contributed by atoms with Crippen LogP contribution in [0, 0.1) is 19.3 Å². The predicted octanol–water partition coefficient (Wildman–Crippen LogP) is 5.83. The molecule has 0 amide bonds. The van der Waals surface area contributed by atoms with Crippen LogP contribution in [0.1, 0.15) is 77.2 Å². The lowest BCUT2D eigenvalue weighted by Gasteiger charge is -2.32. The minimum Gasteiger partial charge on any atom is -0.424 e. The molecular weight excluding hydrogens is 664 g/mol. The first-order chi connectivity index (χ1) is 25.1. The van der Waals surface area contributed by atoms with E-state index in [-0.39, 0.29) is 24.4 Å². The van der Waals surface area contributed by atoms with Gasteiger partial charge in [-0.05, 0) is 57.5 Å². The molecule has 0 bridgehead atoms. The number of nitrogens with zero attached hydrogens (tertiary/aromatic N) is 4. The van der Waals surface area contributed by atoms with E-state index in [1.807, 2.05) is 83.4 Å². The van der Waals surface area contributed by atoms with E-state index in [1.165, 1.54) is 0 Å². The first-order valence-corrected chi connectivity index (χ1v) is 17.9. The Bertz CT molecular complexity index is 1950. The highest BCUT2D eigenvalue weighted by Crippen LogP contribution is 2.43. The van der Waals surface area contributed by atoms with Gasteiger partial charge >= 0.3 is 11.9 Å². The molecule has 0 spiro atoms. The highest BCUT2D eigenvalue weighted by atomic mass is 16.6. The van der Waals surface area contributed by atoms with E-state index in [1.54, 1.807) is 6.07 Å². The van der Waals surface area contributed by atoms with E-state index >= 15 is 0 Å². The van der Waals surface area contributed by atoms with Crippen molar-refractivity contribution in [2.75, 3.05) is 52.6 Å². The van der Waals surface area contributed by atoms with Crippen molar-refractivity contribution in [1.29, 1.82) is 0 Å². The summed E-state index contributed by atoms with van der Waals surface area (Å²) in [5, 5.41) is 2.09. The van der Waals surface area contributed by atoms with Gasteiger partial charge in [0.25, 0.3) is 0 Å². The number of carbonyl (C=O) groups excluding carboxylic acids is 2. The number of aryl methyl sites for hydroxylation is 2. The molecule has 12 nitrogen and oxygen atoms in total. The summed E-state index contributed by atoms with van der Waals surface area (Å²) in [5.74, 6) is 0.413. The molecule has 6 heterocycles. The van der Waals surface area contributed by atoms with Crippen LogP contribution in [0.15, 0.2) is 54.9 Å². The standard InChI is InChI=1S/C23H22N2O4.C17H24N2O4/c1-15-21(29-23(26)18-7-6-16-4-2-3-5-17(16)12-18)20-19(13-24-15)14-28-22(20)25-8-10-27-11-9-25;1-11-14(23-16(20)17(2,3)4)13-12(9-18-11)10-22-15(13)19-5-7-21-8-6-19/h2-7,12-13,22H,8-11,14H2,1H3;9,15H,5-8,10H2,1-4H3. The lowest BCUT2D eigenvalue weighted by molar-refractivity contribution is -0.143. The molecule has 0 radical (unpaired) electrons. The van der Waals surface area contributed by atoms with E-state index in [0.717, 1.165) is 59.2 Å². The summed E-state index contributed by atoms with van der Waals surface area (Å²) < 4.78 is 34.5. The van der Waals surface area contributed by atoms with Crippen molar-refractivity contribution < 1.29 is 38.0 Å². The van der Waals surface area contributed by atoms with Crippen molar-refractivity contribution in [2.24, 2.45) is 5.41 Å². The van der Waals surface area contributed by atoms with Gasteiger partial charge in [-0.15, -0.1) is 0 Å². The molecule has 8 rings (SSSR count). The van der Waals surface area contributed by atoms with Gasteiger partial charge in [0.2, 0.25) is 0 Å². The molecule has 2 saturated heterocycles. The topological polar surface area (TPSA) is 122 Å². The van der Waals surface area contributed by atoms with Crippen molar-refractivity contribution in [3.8, 4) is 11.5 Å². The van der Waals surface area contributed by atoms with Crippen LogP contribution in [0.2, 0.25) is 0 Å². The molecule has 2 aromatic heterocycles. The summed E-state index contributed by atoms with van der Waals surface area (Å²) in [6, 6.07) is 13.5. The van der Waals surface area contributed by atoms with Gasteiger partial charge in [-0.25, -0.2) is 4.79 Å². The van der Waals surface area contributed by atoms with Crippen LogP contribution in [0.4, 0.5) is 0 Å². The molecule has 4 aliphatic rings. The quantitative estimate of drug-likeness (QED) is 0.232. The number of pyridine rings is 2. The predicted molar refractivity (Wildman–Crippen MR) is 192 cm³/mol. The number of fused-ring (bicyclic) bond motifs is 3. The zero-order valence-corrected chi connectivity index (χ0v) is 30.5. The maximum absolute atomic E-state index is 13.0. The van der Waals surface area contributed by atoms with Crippen LogP contribution in [-0.2, 0) is 37.0 Å². The Morgan fingerprint density at radius 2 is 1.21 bits per heavy atom. The second kappa shape index (κ2) is 15.4. The zero-order chi connectivity index (χ0) is 36.4. The Hall–Kier alpha value is -4.30. The number of aromatic nitrogens is 2. The highest BCUT2D eigenvalue weighted by molar-refractivity contribution is 5.96. The Kier molecular flexibility index (Phi) is 10.7. The third kappa shape index (κ3) is 7.59. The lowest BCUT2D eigenvalue weighted by Crippen LogP contribution is -2.39. The first kappa shape index (κ1) is 36.1. The fraction of sp³-hybridized carbons (Fsp3) is 0.450. The molecule has 2 unspecified atom stereocenters. The van der Waals surface area contributed by atoms with Crippen LogP contribution in [0.25, 0.3) is 10.8 Å². The molecule has 2 atom stereocenters. The molecule has 2 aromatic carbocycles. The Balaban J connectivity index is 0.000000167. The van der Waals surface area contributed by atoms with Crippen molar-refractivity contribution in [3.05, 3.63) is 94.1 Å². The third-order valence-corrected chi connectivity index (χ3v) is 9.70. The second-order valence-corrected chi connectivity index (χ2v) is 14.4. The number of hydrogen-bond acceptors (Lipinski definition) is 12. The van der Waals surface area contributed by atoms with Gasteiger partial charge in [-0.1, -0.05) is 30.3 Å². The lowest BCUT2D eigenvalue weighted by atomic mass is 9.97. The Morgan fingerprint density at radius 3 is 1.73 bits per heavy atom. The van der Waals surface area contributed by atoms with E-state index in [2.05, 4.69) is 19.8 Å². The fourth-order valence-electron chi connectivity index (χ4n) is 6.73. The summed E-state index contributed by atoms with van der Waals surface area (Å²) in [6.07, 6.45) is 3.20. The SMILES string of the molecule is Cc1ncc2c(c1OC(=O)C(C)(C)C)C(N1CCOCC1)OC2.Cc1ncc2c(c1OC(=O)c1ccc3ccccc3c1)C(N1CCOCC1)OC2. The monoisotopic (exact) mass is 710 g/mol. The van der Waals surface area contributed by atoms with Crippen molar-refractivity contribution in [2.45, 2.75) is 60.3 Å². The number of rotatable bonds is 5. The van der Waals surface area contributed by atoms with Gasteiger partial charge in [-0.2, -0.15) is 0 Å². The molecule has 12 heteroatoms. The average Bonchev–Trinajstić information content (AvgIpc) is 3.79. The third-order valence-electron chi connectivity index (χ3n) is 9.70. The van der Waals surface area contributed by atoms with Gasteiger partial charge in [0.15, 0.2) is 11.5 Å². The second-order valence-electron chi connectivity index (χ2n) is 14.4. The molecule has 0 saturated carbocycles. The number of carbonyl (C=O) groups is 2. The molecule has 4 aliphatic heterocycles. The normalized spacial score (nSPS) is 20.5.